The maximum absolute atomic E-state index is 12.2. The second kappa shape index (κ2) is 6.72. The summed E-state index contributed by atoms with van der Waals surface area (Å²) in [5.41, 5.74) is 2.00. The minimum absolute atomic E-state index is 0.0919. The third-order valence-corrected chi connectivity index (χ3v) is 3.43. The van der Waals surface area contributed by atoms with E-state index in [-0.39, 0.29) is 11.5 Å². The standard InChI is InChI=1S/C15H18ClN3O2/c1-10(16)14(20)17-8-5-9-19-13-7-4-3-6-12(13)18-11(2)15(19)21/h3-4,6-7,10H,5,8-9H2,1-2H3,(H,17,20). The molecule has 1 heterocycles. The summed E-state index contributed by atoms with van der Waals surface area (Å²) in [5, 5.41) is 2.19. The first-order valence-corrected chi connectivity index (χ1v) is 7.32. The number of para-hydroxylation sites is 2. The molecule has 0 bridgehead atoms. The molecule has 21 heavy (non-hydrogen) atoms. The third-order valence-electron chi connectivity index (χ3n) is 3.23. The maximum Gasteiger partial charge on any atom is 0.272 e. The van der Waals surface area contributed by atoms with E-state index < -0.39 is 5.38 Å². The Morgan fingerprint density at radius 1 is 1.43 bits per heavy atom. The highest BCUT2D eigenvalue weighted by Crippen LogP contribution is 2.10. The lowest BCUT2D eigenvalue weighted by atomic mass is 10.2. The van der Waals surface area contributed by atoms with E-state index in [1.54, 1.807) is 18.4 Å². The highest BCUT2D eigenvalue weighted by atomic mass is 35.5. The molecule has 2 rings (SSSR count). The monoisotopic (exact) mass is 307 g/mol. The Morgan fingerprint density at radius 2 is 2.14 bits per heavy atom. The Balaban J connectivity index is 2.13. The van der Waals surface area contributed by atoms with Gasteiger partial charge in [0.25, 0.3) is 5.56 Å². The zero-order chi connectivity index (χ0) is 15.4. The van der Waals surface area contributed by atoms with Crippen molar-refractivity contribution in [1.29, 1.82) is 0 Å². The molecule has 1 N–H and O–H groups in total. The lowest BCUT2D eigenvalue weighted by Gasteiger charge is -2.11. The van der Waals surface area contributed by atoms with Gasteiger partial charge in [-0.25, -0.2) is 4.98 Å². The van der Waals surface area contributed by atoms with Crippen LogP contribution in [0.2, 0.25) is 0 Å². The quantitative estimate of drug-likeness (QED) is 0.677. The van der Waals surface area contributed by atoms with E-state index in [1.807, 2.05) is 24.3 Å². The summed E-state index contributed by atoms with van der Waals surface area (Å²) >= 11 is 5.67. The fourth-order valence-corrected chi connectivity index (χ4v) is 2.21. The fourth-order valence-electron chi connectivity index (χ4n) is 2.13. The van der Waals surface area contributed by atoms with Crippen molar-refractivity contribution in [2.24, 2.45) is 0 Å². The average molecular weight is 308 g/mol. The number of nitrogens with one attached hydrogen (secondary N) is 1. The van der Waals surface area contributed by atoms with Gasteiger partial charge in [0, 0.05) is 13.1 Å². The first-order chi connectivity index (χ1) is 10.0. The van der Waals surface area contributed by atoms with Crippen molar-refractivity contribution < 1.29 is 4.79 Å². The number of fused-ring (bicyclic) bond motifs is 1. The summed E-state index contributed by atoms with van der Waals surface area (Å²) in [6.07, 6.45) is 0.655. The Morgan fingerprint density at radius 3 is 2.86 bits per heavy atom. The topological polar surface area (TPSA) is 64.0 Å². The molecule has 0 radical (unpaired) electrons. The number of hydrogen-bond acceptors (Lipinski definition) is 3. The van der Waals surface area contributed by atoms with Gasteiger partial charge in [0.1, 0.15) is 11.1 Å². The largest absolute Gasteiger partial charge is 0.355 e. The normalized spacial score (nSPS) is 12.3. The maximum atomic E-state index is 12.2. The van der Waals surface area contributed by atoms with Crippen LogP contribution in [0.4, 0.5) is 0 Å². The Hall–Kier alpha value is -1.88. The number of aromatic nitrogens is 2. The van der Waals surface area contributed by atoms with Crippen LogP contribution in [0.15, 0.2) is 29.1 Å². The SMILES string of the molecule is Cc1nc2ccccc2n(CCCNC(=O)C(C)Cl)c1=O. The van der Waals surface area contributed by atoms with Gasteiger partial charge in [-0.1, -0.05) is 12.1 Å². The zero-order valence-electron chi connectivity index (χ0n) is 12.1. The molecular formula is C15H18ClN3O2. The lowest BCUT2D eigenvalue weighted by molar-refractivity contribution is -0.120. The van der Waals surface area contributed by atoms with Gasteiger partial charge in [-0.05, 0) is 32.4 Å². The molecule has 0 saturated carbocycles. The number of carbonyl (C=O) groups excluding carboxylic acids is 1. The summed E-state index contributed by atoms with van der Waals surface area (Å²) in [6, 6.07) is 7.54. The molecule has 0 spiro atoms. The lowest BCUT2D eigenvalue weighted by Crippen LogP contribution is -2.32. The number of aryl methyl sites for hydroxylation is 2. The summed E-state index contributed by atoms with van der Waals surface area (Å²) in [5.74, 6) is -0.195. The Kier molecular flexibility index (Phi) is 4.96. The van der Waals surface area contributed by atoms with E-state index in [2.05, 4.69) is 10.3 Å². The van der Waals surface area contributed by atoms with E-state index >= 15 is 0 Å². The van der Waals surface area contributed by atoms with Crippen molar-refractivity contribution >= 4 is 28.5 Å². The molecule has 1 aromatic heterocycles. The molecule has 0 fully saturated rings. The van der Waals surface area contributed by atoms with Crippen molar-refractivity contribution in [3.63, 3.8) is 0 Å². The summed E-state index contributed by atoms with van der Waals surface area (Å²) in [4.78, 5) is 27.9. The molecule has 1 aromatic carbocycles. The molecular weight excluding hydrogens is 290 g/mol. The van der Waals surface area contributed by atoms with E-state index in [1.165, 1.54) is 0 Å². The second-order valence-corrected chi connectivity index (χ2v) is 5.56. The molecule has 1 unspecified atom stereocenters. The van der Waals surface area contributed by atoms with Crippen molar-refractivity contribution in [1.82, 2.24) is 14.9 Å². The number of nitrogens with zero attached hydrogens (tertiary/aromatic N) is 2. The van der Waals surface area contributed by atoms with Crippen LogP contribution in [-0.2, 0) is 11.3 Å². The van der Waals surface area contributed by atoms with Crippen LogP contribution in [0, 0.1) is 6.92 Å². The molecule has 1 atom stereocenters. The predicted molar refractivity (Wildman–Crippen MR) is 83.7 cm³/mol. The van der Waals surface area contributed by atoms with Crippen LogP contribution >= 0.6 is 11.6 Å². The van der Waals surface area contributed by atoms with Gasteiger partial charge in [0.2, 0.25) is 5.91 Å². The molecule has 112 valence electrons. The van der Waals surface area contributed by atoms with Crippen LogP contribution in [-0.4, -0.2) is 27.4 Å². The van der Waals surface area contributed by atoms with E-state index in [0.29, 0.717) is 25.2 Å². The van der Waals surface area contributed by atoms with Crippen molar-refractivity contribution in [2.75, 3.05) is 6.54 Å². The number of halogens is 1. The highest BCUT2D eigenvalue weighted by Gasteiger charge is 2.09. The van der Waals surface area contributed by atoms with Crippen LogP contribution in [0.3, 0.4) is 0 Å². The van der Waals surface area contributed by atoms with Crippen LogP contribution in [0.25, 0.3) is 11.0 Å². The number of rotatable bonds is 5. The zero-order valence-corrected chi connectivity index (χ0v) is 12.9. The smallest absolute Gasteiger partial charge is 0.272 e. The Bertz CT molecular complexity index is 710. The van der Waals surface area contributed by atoms with E-state index in [0.717, 1.165) is 11.0 Å². The molecule has 6 heteroatoms. The number of amides is 1. The van der Waals surface area contributed by atoms with Crippen molar-refractivity contribution in [2.45, 2.75) is 32.2 Å². The van der Waals surface area contributed by atoms with Gasteiger partial charge in [-0.15, -0.1) is 11.6 Å². The molecule has 2 aromatic rings. The van der Waals surface area contributed by atoms with Gasteiger partial charge < -0.3 is 9.88 Å². The first-order valence-electron chi connectivity index (χ1n) is 6.88. The minimum atomic E-state index is -0.545. The molecule has 0 aliphatic carbocycles. The van der Waals surface area contributed by atoms with Gasteiger partial charge in [0.05, 0.1) is 11.0 Å². The Labute approximate surface area is 127 Å². The van der Waals surface area contributed by atoms with E-state index in [4.69, 9.17) is 11.6 Å². The molecule has 0 saturated heterocycles. The second-order valence-electron chi connectivity index (χ2n) is 4.90. The first kappa shape index (κ1) is 15.5. The third kappa shape index (κ3) is 3.61. The number of carbonyl (C=O) groups is 1. The fraction of sp³-hybridized carbons (Fsp3) is 0.400. The molecule has 1 amide bonds. The summed E-state index contributed by atoms with van der Waals surface area (Å²) in [6.45, 7) is 4.35. The average Bonchev–Trinajstić information content (AvgIpc) is 2.46. The van der Waals surface area contributed by atoms with Gasteiger partial charge in [-0.2, -0.15) is 0 Å². The number of benzene rings is 1. The molecule has 0 aliphatic heterocycles. The van der Waals surface area contributed by atoms with E-state index in [9.17, 15) is 9.59 Å². The molecule has 0 aliphatic rings. The van der Waals surface area contributed by atoms with Crippen LogP contribution in [0.5, 0.6) is 0 Å². The van der Waals surface area contributed by atoms with Gasteiger partial charge in [0.15, 0.2) is 0 Å². The number of hydrogen-bond donors (Lipinski definition) is 1. The molecule has 5 nitrogen and oxygen atoms in total. The summed E-state index contributed by atoms with van der Waals surface area (Å²) < 4.78 is 1.70. The van der Waals surface area contributed by atoms with Crippen LogP contribution < -0.4 is 10.9 Å². The van der Waals surface area contributed by atoms with Crippen LogP contribution in [0.1, 0.15) is 19.0 Å². The van der Waals surface area contributed by atoms with Gasteiger partial charge in [-0.3, -0.25) is 9.59 Å². The van der Waals surface area contributed by atoms with Gasteiger partial charge >= 0.3 is 0 Å². The summed E-state index contributed by atoms with van der Waals surface area (Å²) in [7, 11) is 0. The van der Waals surface area contributed by atoms with Crippen molar-refractivity contribution in [3.8, 4) is 0 Å². The predicted octanol–water partition coefficient (Wildman–Crippen LogP) is 1.84. The minimum Gasteiger partial charge on any atom is -0.355 e. The van der Waals surface area contributed by atoms with Crippen molar-refractivity contribution in [3.05, 3.63) is 40.3 Å². The number of alkyl halides is 1. The highest BCUT2D eigenvalue weighted by molar-refractivity contribution is 6.30.